The number of carbonyl (C=O) groups excluding carboxylic acids is 2. The number of nitrogens with one attached hydrogen (secondary N) is 2. The molecule has 0 radical (unpaired) electrons. The van der Waals surface area contributed by atoms with E-state index in [1.54, 1.807) is 6.92 Å². The number of rotatable bonds is 8. The first kappa shape index (κ1) is 23.4. The predicted octanol–water partition coefficient (Wildman–Crippen LogP) is 3.30. The van der Waals surface area contributed by atoms with Gasteiger partial charge in [-0.2, -0.15) is 0 Å². The summed E-state index contributed by atoms with van der Waals surface area (Å²) in [5.74, 6) is -1.70. The largest absolute Gasteiger partial charge is 0.479 e. The van der Waals surface area contributed by atoms with Gasteiger partial charge in [-0.05, 0) is 54.4 Å². The van der Waals surface area contributed by atoms with Gasteiger partial charge in [0.25, 0.3) is 0 Å². The van der Waals surface area contributed by atoms with Crippen LogP contribution in [0.3, 0.4) is 0 Å². The van der Waals surface area contributed by atoms with E-state index < -0.39 is 23.7 Å². The van der Waals surface area contributed by atoms with Crippen molar-refractivity contribution in [2.24, 2.45) is 11.8 Å². The van der Waals surface area contributed by atoms with Crippen LogP contribution in [0.1, 0.15) is 43.2 Å². The number of alkyl carbamates (subject to hydrolysis) is 1. The Balaban J connectivity index is 1.22. The van der Waals surface area contributed by atoms with Crippen molar-refractivity contribution in [3.63, 3.8) is 0 Å². The fourth-order valence-corrected chi connectivity index (χ4v) is 5.37. The second-order valence-electron chi connectivity index (χ2n) is 9.82. The SMILES string of the molecule is CC(NC(=O)OCC1c2ccccc2-c2ccccc21)(C(=O)NC[C@@H]1CCO[C@@H]1C(=O)O)C1CC1. The predicted molar refractivity (Wildman–Crippen MR) is 128 cm³/mol. The number of carboxylic acid groups (broad SMARTS) is 1. The molecule has 35 heavy (non-hydrogen) atoms. The molecule has 3 atom stereocenters. The maximum Gasteiger partial charge on any atom is 0.408 e. The number of fused-ring (bicyclic) bond motifs is 3. The molecule has 1 aliphatic heterocycles. The lowest BCUT2D eigenvalue weighted by Crippen LogP contribution is -2.59. The monoisotopic (exact) mass is 478 g/mol. The fourth-order valence-electron chi connectivity index (χ4n) is 5.37. The molecular weight excluding hydrogens is 448 g/mol. The zero-order valence-electron chi connectivity index (χ0n) is 19.7. The van der Waals surface area contributed by atoms with E-state index in [4.69, 9.17) is 9.47 Å². The Hall–Kier alpha value is -3.39. The molecule has 2 aliphatic carbocycles. The van der Waals surface area contributed by atoms with Gasteiger partial charge >= 0.3 is 12.1 Å². The summed E-state index contributed by atoms with van der Waals surface area (Å²) in [6.07, 6.45) is 0.675. The molecule has 3 aliphatic rings. The Morgan fingerprint density at radius 3 is 2.26 bits per heavy atom. The number of aliphatic carboxylic acids is 1. The molecule has 2 aromatic carbocycles. The third kappa shape index (κ3) is 4.50. The Morgan fingerprint density at radius 1 is 1.03 bits per heavy atom. The topological polar surface area (TPSA) is 114 Å². The third-order valence-electron chi connectivity index (χ3n) is 7.55. The van der Waals surface area contributed by atoms with Crippen LogP contribution in [-0.4, -0.2) is 54.5 Å². The summed E-state index contributed by atoms with van der Waals surface area (Å²) in [5, 5.41) is 14.9. The lowest BCUT2D eigenvalue weighted by atomic mass is 9.93. The molecule has 8 nitrogen and oxygen atoms in total. The van der Waals surface area contributed by atoms with Crippen LogP contribution >= 0.6 is 0 Å². The third-order valence-corrected chi connectivity index (χ3v) is 7.55. The van der Waals surface area contributed by atoms with Gasteiger partial charge in [0.2, 0.25) is 5.91 Å². The molecule has 1 unspecified atom stereocenters. The van der Waals surface area contributed by atoms with E-state index in [0.29, 0.717) is 13.0 Å². The maximum atomic E-state index is 13.1. The molecule has 2 aromatic rings. The Bertz CT molecular complexity index is 1100. The zero-order valence-corrected chi connectivity index (χ0v) is 19.7. The molecule has 1 saturated heterocycles. The molecule has 2 fully saturated rings. The molecule has 8 heteroatoms. The standard InChI is InChI=1S/C27H30N2O6/c1-27(17-10-11-17,25(32)28-14-16-12-13-34-23(16)24(30)31)29-26(33)35-15-22-20-8-4-2-6-18(20)19-7-3-5-9-21(19)22/h2-9,16-17,22-23H,10-15H2,1H3,(H,28,32)(H,29,33)(H,30,31)/t16-,23-,27?/m0/s1. The Kier molecular flexibility index (Phi) is 6.23. The number of hydrogen-bond acceptors (Lipinski definition) is 5. The molecule has 2 amide bonds. The van der Waals surface area contributed by atoms with Crippen molar-refractivity contribution in [2.75, 3.05) is 19.8 Å². The smallest absolute Gasteiger partial charge is 0.408 e. The minimum Gasteiger partial charge on any atom is -0.479 e. The highest BCUT2D eigenvalue weighted by Crippen LogP contribution is 2.44. The van der Waals surface area contributed by atoms with Crippen LogP contribution < -0.4 is 10.6 Å². The molecule has 1 heterocycles. The van der Waals surface area contributed by atoms with Crippen molar-refractivity contribution in [3.05, 3.63) is 59.7 Å². The average Bonchev–Trinajstić information content (AvgIpc) is 3.53. The van der Waals surface area contributed by atoms with Crippen molar-refractivity contribution in [1.82, 2.24) is 10.6 Å². The summed E-state index contributed by atoms with van der Waals surface area (Å²) < 4.78 is 10.9. The summed E-state index contributed by atoms with van der Waals surface area (Å²) >= 11 is 0. The molecule has 5 rings (SSSR count). The van der Waals surface area contributed by atoms with E-state index in [-0.39, 0.29) is 36.8 Å². The first-order chi connectivity index (χ1) is 16.9. The zero-order chi connectivity index (χ0) is 24.6. The molecular formula is C27H30N2O6. The molecule has 0 bridgehead atoms. The molecule has 0 spiro atoms. The lowest BCUT2D eigenvalue weighted by molar-refractivity contribution is -0.149. The second-order valence-corrected chi connectivity index (χ2v) is 9.82. The summed E-state index contributed by atoms with van der Waals surface area (Å²) in [7, 11) is 0. The highest BCUT2D eigenvalue weighted by atomic mass is 16.5. The number of hydrogen-bond donors (Lipinski definition) is 3. The number of amides is 2. The van der Waals surface area contributed by atoms with E-state index in [0.717, 1.165) is 35.1 Å². The summed E-state index contributed by atoms with van der Waals surface area (Å²) in [6, 6.07) is 16.2. The van der Waals surface area contributed by atoms with Crippen molar-refractivity contribution in [1.29, 1.82) is 0 Å². The average molecular weight is 479 g/mol. The second kappa shape index (κ2) is 9.34. The van der Waals surface area contributed by atoms with Crippen molar-refractivity contribution < 1.29 is 29.0 Å². The summed E-state index contributed by atoms with van der Waals surface area (Å²) in [5.41, 5.74) is 3.41. The van der Waals surface area contributed by atoms with E-state index in [1.165, 1.54) is 0 Å². The minimum absolute atomic E-state index is 0.0121. The first-order valence-electron chi connectivity index (χ1n) is 12.1. The van der Waals surface area contributed by atoms with Gasteiger partial charge < -0.3 is 25.2 Å². The van der Waals surface area contributed by atoms with Gasteiger partial charge in [-0.25, -0.2) is 9.59 Å². The van der Waals surface area contributed by atoms with E-state index in [9.17, 15) is 19.5 Å². The van der Waals surface area contributed by atoms with Crippen LogP contribution in [0.2, 0.25) is 0 Å². The molecule has 3 N–H and O–H groups in total. The lowest BCUT2D eigenvalue weighted by Gasteiger charge is -2.30. The van der Waals surface area contributed by atoms with Gasteiger partial charge in [0.1, 0.15) is 12.1 Å². The summed E-state index contributed by atoms with van der Waals surface area (Å²) in [6.45, 7) is 2.42. The fraction of sp³-hybridized carbons (Fsp3) is 0.444. The van der Waals surface area contributed by atoms with Crippen LogP contribution in [-0.2, 0) is 19.1 Å². The normalized spacial score (nSPS) is 22.5. The van der Waals surface area contributed by atoms with Gasteiger partial charge in [-0.3, -0.25) is 4.79 Å². The number of benzene rings is 2. The van der Waals surface area contributed by atoms with E-state index in [1.807, 2.05) is 24.3 Å². The quantitative estimate of drug-likeness (QED) is 0.537. The number of ether oxygens (including phenoxy) is 2. The van der Waals surface area contributed by atoms with Gasteiger partial charge in [-0.1, -0.05) is 48.5 Å². The van der Waals surface area contributed by atoms with Crippen molar-refractivity contribution in [2.45, 2.75) is 43.7 Å². The number of carbonyl (C=O) groups is 3. The summed E-state index contributed by atoms with van der Waals surface area (Å²) in [4.78, 5) is 37.3. The Labute approximate surface area is 204 Å². The molecule has 0 aromatic heterocycles. The minimum atomic E-state index is -1.12. The van der Waals surface area contributed by atoms with Gasteiger partial charge in [0, 0.05) is 25.0 Å². The van der Waals surface area contributed by atoms with Crippen LogP contribution in [0, 0.1) is 11.8 Å². The Morgan fingerprint density at radius 2 is 1.66 bits per heavy atom. The van der Waals surface area contributed by atoms with Crippen LogP contribution in [0.15, 0.2) is 48.5 Å². The van der Waals surface area contributed by atoms with Gasteiger partial charge in [-0.15, -0.1) is 0 Å². The van der Waals surface area contributed by atoms with Crippen LogP contribution in [0.5, 0.6) is 0 Å². The number of carboxylic acids is 1. The molecule has 184 valence electrons. The molecule has 1 saturated carbocycles. The van der Waals surface area contributed by atoms with E-state index >= 15 is 0 Å². The van der Waals surface area contributed by atoms with Crippen molar-refractivity contribution >= 4 is 18.0 Å². The first-order valence-corrected chi connectivity index (χ1v) is 12.1. The van der Waals surface area contributed by atoms with Gasteiger partial charge in [0.05, 0.1) is 0 Å². The maximum absolute atomic E-state index is 13.1. The van der Waals surface area contributed by atoms with Crippen molar-refractivity contribution in [3.8, 4) is 11.1 Å². The van der Waals surface area contributed by atoms with E-state index in [2.05, 4.69) is 34.9 Å². The highest BCUT2D eigenvalue weighted by molar-refractivity contribution is 5.90. The highest BCUT2D eigenvalue weighted by Gasteiger charge is 2.49. The van der Waals surface area contributed by atoms with Crippen LogP contribution in [0.4, 0.5) is 4.79 Å². The van der Waals surface area contributed by atoms with Crippen LogP contribution in [0.25, 0.3) is 11.1 Å². The van der Waals surface area contributed by atoms with Gasteiger partial charge in [0.15, 0.2) is 6.10 Å².